The molecule has 0 aliphatic heterocycles. The zero-order valence-electron chi connectivity index (χ0n) is 28.0. The SMILES string of the molecule is CCC[C@H](CCO)Nc1nc(N)ncc1OCc1cccc(-c2cccc3nc(COc4cnc(N)nc4N[C@H](CO)CCC)ccc23)c1. The summed E-state index contributed by atoms with van der Waals surface area (Å²) in [6.45, 7) is 4.67. The van der Waals surface area contributed by atoms with Gasteiger partial charge in [0, 0.05) is 18.0 Å². The Morgan fingerprint density at radius 2 is 1.39 bits per heavy atom. The van der Waals surface area contributed by atoms with E-state index < -0.39 is 0 Å². The third-order valence-corrected chi connectivity index (χ3v) is 8.00. The van der Waals surface area contributed by atoms with E-state index in [2.05, 4.69) is 62.6 Å². The van der Waals surface area contributed by atoms with Crippen molar-refractivity contribution in [2.75, 3.05) is 35.3 Å². The predicted molar refractivity (Wildman–Crippen MR) is 192 cm³/mol. The van der Waals surface area contributed by atoms with Crippen molar-refractivity contribution in [1.29, 1.82) is 0 Å². The summed E-state index contributed by atoms with van der Waals surface area (Å²) in [5.41, 5.74) is 16.3. The van der Waals surface area contributed by atoms with Crippen molar-refractivity contribution in [2.45, 2.75) is 71.2 Å². The van der Waals surface area contributed by atoms with Crippen LogP contribution in [-0.4, -0.2) is 60.4 Å². The summed E-state index contributed by atoms with van der Waals surface area (Å²) in [6.07, 6.45) is 7.20. The van der Waals surface area contributed by atoms with Crippen LogP contribution >= 0.6 is 0 Å². The second-order valence-electron chi connectivity index (χ2n) is 11.8. The number of aliphatic hydroxyl groups excluding tert-OH is 2. The number of nitrogen functional groups attached to an aromatic ring is 2. The molecule has 0 saturated heterocycles. The quantitative estimate of drug-likeness (QED) is 0.0700. The molecule has 0 bridgehead atoms. The number of ether oxygens (including phenoxy) is 2. The van der Waals surface area contributed by atoms with Gasteiger partial charge in [-0.1, -0.05) is 63.1 Å². The van der Waals surface area contributed by atoms with Crippen LogP contribution in [0, 0.1) is 0 Å². The maximum atomic E-state index is 9.74. The molecule has 2 atom stereocenters. The van der Waals surface area contributed by atoms with Gasteiger partial charge in [-0.3, -0.25) is 0 Å². The Morgan fingerprint density at radius 1 is 0.735 bits per heavy atom. The molecular formula is C36H45N9O4. The number of rotatable bonds is 18. The van der Waals surface area contributed by atoms with Gasteiger partial charge in [-0.05, 0) is 54.2 Å². The summed E-state index contributed by atoms with van der Waals surface area (Å²) in [4.78, 5) is 21.7. The summed E-state index contributed by atoms with van der Waals surface area (Å²) < 4.78 is 12.3. The van der Waals surface area contributed by atoms with Crippen LogP contribution in [0.3, 0.4) is 0 Å². The van der Waals surface area contributed by atoms with Crippen LogP contribution in [0.2, 0.25) is 0 Å². The van der Waals surface area contributed by atoms with E-state index >= 15 is 0 Å². The third-order valence-electron chi connectivity index (χ3n) is 8.00. The molecule has 0 amide bonds. The molecule has 13 nitrogen and oxygen atoms in total. The molecular weight excluding hydrogens is 622 g/mol. The first kappa shape index (κ1) is 35.0. The van der Waals surface area contributed by atoms with E-state index in [1.165, 1.54) is 6.20 Å². The van der Waals surface area contributed by atoms with E-state index in [1.807, 2.05) is 36.4 Å². The van der Waals surface area contributed by atoms with Gasteiger partial charge in [-0.2, -0.15) is 9.97 Å². The van der Waals surface area contributed by atoms with Crippen molar-refractivity contribution in [2.24, 2.45) is 0 Å². The van der Waals surface area contributed by atoms with Crippen molar-refractivity contribution in [1.82, 2.24) is 24.9 Å². The Balaban J connectivity index is 1.30. The highest BCUT2D eigenvalue weighted by Gasteiger charge is 2.16. The lowest BCUT2D eigenvalue weighted by atomic mass is 9.99. The van der Waals surface area contributed by atoms with E-state index in [0.29, 0.717) is 36.2 Å². The molecule has 3 heterocycles. The molecule has 3 aromatic heterocycles. The van der Waals surface area contributed by atoms with Gasteiger partial charge >= 0.3 is 0 Å². The maximum absolute atomic E-state index is 9.74. The number of hydrogen-bond acceptors (Lipinski definition) is 13. The van der Waals surface area contributed by atoms with Crippen LogP contribution in [0.1, 0.15) is 57.2 Å². The normalized spacial score (nSPS) is 12.4. The zero-order chi connectivity index (χ0) is 34.6. The van der Waals surface area contributed by atoms with Crippen LogP contribution in [0.25, 0.3) is 22.0 Å². The van der Waals surface area contributed by atoms with E-state index in [9.17, 15) is 10.2 Å². The number of nitrogens with zero attached hydrogens (tertiary/aromatic N) is 5. The maximum Gasteiger partial charge on any atom is 0.222 e. The molecule has 0 aliphatic rings. The molecule has 258 valence electrons. The first-order chi connectivity index (χ1) is 23.9. The molecule has 8 N–H and O–H groups in total. The van der Waals surface area contributed by atoms with Crippen molar-refractivity contribution in [3.63, 3.8) is 0 Å². The molecule has 5 rings (SSSR count). The van der Waals surface area contributed by atoms with Crippen LogP contribution < -0.4 is 31.6 Å². The third kappa shape index (κ3) is 9.42. The number of nitrogens with two attached hydrogens (primary N) is 2. The van der Waals surface area contributed by atoms with E-state index in [1.54, 1.807) is 6.20 Å². The van der Waals surface area contributed by atoms with Gasteiger partial charge in [0.1, 0.15) is 13.2 Å². The van der Waals surface area contributed by atoms with Crippen molar-refractivity contribution >= 4 is 34.4 Å². The average molecular weight is 668 g/mol. The topological polar surface area (TPSA) is 199 Å². The monoisotopic (exact) mass is 667 g/mol. The zero-order valence-corrected chi connectivity index (χ0v) is 28.0. The minimum Gasteiger partial charge on any atom is -0.483 e. The van der Waals surface area contributed by atoms with Crippen LogP contribution in [0.5, 0.6) is 11.5 Å². The van der Waals surface area contributed by atoms with Gasteiger partial charge in [-0.25, -0.2) is 15.0 Å². The minimum atomic E-state index is -0.175. The van der Waals surface area contributed by atoms with Crippen LogP contribution in [0.4, 0.5) is 23.5 Å². The first-order valence-electron chi connectivity index (χ1n) is 16.6. The number of pyridine rings is 1. The van der Waals surface area contributed by atoms with Crippen LogP contribution in [-0.2, 0) is 13.2 Å². The number of anilines is 4. The van der Waals surface area contributed by atoms with E-state index in [-0.39, 0.29) is 43.8 Å². The molecule has 49 heavy (non-hydrogen) atoms. The number of nitrogens with one attached hydrogen (secondary N) is 2. The molecule has 0 unspecified atom stereocenters. The lowest BCUT2D eigenvalue weighted by Gasteiger charge is -2.20. The van der Waals surface area contributed by atoms with Gasteiger partial charge in [-0.15, -0.1) is 0 Å². The van der Waals surface area contributed by atoms with Gasteiger partial charge in [0.05, 0.1) is 36.3 Å². The summed E-state index contributed by atoms with van der Waals surface area (Å²) in [6, 6.07) is 18.1. The second-order valence-corrected chi connectivity index (χ2v) is 11.8. The number of fused-ring (bicyclic) bond motifs is 1. The molecule has 13 heteroatoms. The van der Waals surface area contributed by atoms with Crippen LogP contribution in [0.15, 0.2) is 67.0 Å². The summed E-state index contributed by atoms with van der Waals surface area (Å²) in [7, 11) is 0. The molecule has 0 radical (unpaired) electrons. The molecule has 0 spiro atoms. The Morgan fingerprint density at radius 3 is 2.06 bits per heavy atom. The van der Waals surface area contributed by atoms with Gasteiger partial charge in [0.25, 0.3) is 0 Å². The van der Waals surface area contributed by atoms with Crippen molar-refractivity contribution < 1.29 is 19.7 Å². The minimum absolute atomic E-state index is 0.0384. The van der Waals surface area contributed by atoms with Gasteiger partial charge in [0.2, 0.25) is 11.9 Å². The molecule has 0 saturated carbocycles. The van der Waals surface area contributed by atoms with E-state index in [0.717, 1.165) is 59.0 Å². The molecule has 5 aromatic rings. The summed E-state index contributed by atoms with van der Waals surface area (Å²) in [5.74, 6) is 2.13. The highest BCUT2D eigenvalue weighted by atomic mass is 16.5. The largest absolute Gasteiger partial charge is 0.483 e. The number of hydrogen-bond donors (Lipinski definition) is 6. The first-order valence-corrected chi connectivity index (χ1v) is 16.6. The number of aliphatic hydroxyl groups is 2. The Kier molecular flexibility index (Phi) is 12.3. The van der Waals surface area contributed by atoms with Crippen molar-refractivity contribution in [3.05, 3.63) is 78.2 Å². The van der Waals surface area contributed by atoms with Gasteiger partial charge < -0.3 is 41.8 Å². The second kappa shape index (κ2) is 17.2. The predicted octanol–water partition coefficient (Wildman–Crippen LogP) is 5.34. The smallest absolute Gasteiger partial charge is 0.222 e. The Labute approximate surface area is 286 Å². The fourth-order valence-corrected chi connectivity index (χ4v) is 5.59. The number of aromatic nitrogens is 5. The highest BCUT2D eigenvalue weighted by Crippen LogP contribution is 2.31. The Bertz CT molecular complexity index is 1820. The Hall–Kier alpha value is -5.27. The highest BCUT2D eigenvalue weighted by molar-refractivity contribution is 5.94. The fraction of sp³-hybridized carbons (Fsp3) is 0.361. The number of benzene rings is 2. The lowest BCUT2D eigenvalue weighted by molar-refractivity contribution is 0.266. The average Bonchev–Trinajstić information content (AvgIpc) is 3.10. The summed E-state index contributed by atoms with van der Waals surface area (Å²) in [5, 5.41) is 26.8. The molecule has 2 aromatic carbocycles. The fourth-order valence-electron chi connectivity index (χ4n) is 5.59. The van der Waals surface area contributed by atoms with Crippen molar-refractivity contribution in [3.8, 4) is 22.6 Å². The van der Waals surface area contributed by atoms with Gasteiger partial charge in [0.15, 0.2) is 23.1 Å². The molecule has 0 aliphatic carbocycles. The lowest BCUT2D eigenvalue weighted by Crippen LogP contribution is -2.24. The van der Waals surface area contributed by atoms with E-state index in [4.69, 9.17) is 25.9 Å². The summed E-state index contributed by atoms with van der Waals surface area (Å²) >= 11 is 0. The molecule has 0 fully saturated rings. The standard InChI is InChI=1S/C36H45N9O4/c1-3-7-25(15-16-46)42-33-31(18-39-35(37)44-33)48-21-23-9-5-10-24(17-23)28-11-6-12-30-29(28)14-13-27(41-30)22-49-32-19-40-36(38)45-34(32)43-26(20-47)8-4-2/h5-6,9-14,17-19,25-26,46-47H,3-4,7-8,15-16,20-22H2,1-2H3,(H3,37,39,42,44)(H3,38,40,43,45)/t25-,26+/m1/s1.